The highest BCUT2D eigenvalue weighted by Crippen LogP contribution is 2.13. The summed E-state index contributed by atoms with van der Waals surface area (Å²) >= 11 is 1.70. The number of benzene rings is 1. The van der Waals surface area contributed by atoms with Crippen molar-refractivity contribution < 1.29 is 4.79 Å². The third-order valence-corrected chi connectivity index (χ3v) is 2.95. The molecule has 16 heavy (non-hydrogen) atoms. The zero-order valence-electron chi connectivity index (χ0n) is 9.49. The van der Waals surface area contributed by atoms with Gasteiger partial charge in [-0.1, -0.05) is 12.1 Å². The normalized spacial score (nSPS) is 11.9. The minimum atomic E-state index is -0.102. The van der Waals surface area contributed by atoms with Crippen LogP contribution in [-0.2, 0) is 0 Å². The molecular formula is C11H17N3OS. The Morgan fingerprint density at radius 1 is 1.50 bits per heavy atom. The lowest BCUT2D eigenvalue weighted by atomic mass is 10.1. The molecular weight excluding hydrogens is 222 g/mol. The molecule has 1 aromatic carbocycles. The zero-order chi connectivity index (χ0) is 12.0. The van der Waals surface area contributed by atoms with Crippen LogP contribution in [0.4, 0.5) is 5.69 Å². The van der Waals surface area contributed by atoms with E-state index in [-0.39, 0.29) is 11.9 Å². The van der Waals surface area contributed by atoms with E-state index in [1.165, 1.54) is 0 Å². The standard InChI is InChI=1S/C11H17N3OS/c1-8(7-16-2)13-11(15)9-5-3-4-6-10(9)14-12/h3-6,8,14H,7,12H2,1-2H3,(H,13,15). The number of anilines is 1. The molecule has 0 bridgehead atoms. The molecule has 0 aliphatic rings. The Balaban J connectivity index is 2.72. The Morgan fingerprint density at radius 3 is 2.81 bits per heavy atom. The predicted molar refractivity (Wildman–Crippen MR) is 69.6 cm³/mol. The van der Waals surface area contributed by atoms with Gasteiger partial charge in [0.1, 0.15) is 0 Å². The molecule has 4 nitrogen and oxygen atoms in total. The first-order valence-electron chi connectivity index (χ1n) is 5.04. The van der Waals surface area contributed by atoms with E-state index in [0.717, 1.165) is 5.75 Å². The molecule has 1 atom stereocenters. The zero-order valence-corrected chi connectivity index (χ0v) is 10.3. The fourth-order valence-corrected chi connectivity index (χ4v) is 1.98. The Morgan fingerprint density at radius 2 is 2.19 bits per heavy atom. The molecule has 1 amide bonds. The van der Waals surface area contributed by atoms with Crippen LogP contribution < -0.4 is 16.6 Å². The highest BCUT2D eigenvalue weighted by molar-refractivity contribution is 7.98. The van der Waals surface area contributed by atoms with Crippen LogP contribution in [-0.4, -0.2) is 24.0 Å². The number of carbonyl (C=O) groups is 1. The van der Waals surface area contributed by atoms with Crippen LogP contribution in [0.25, 0.3) is 0 Å². The van der Waals surface area contributed by atoms with Gasteiger partial charge < -0.3 is 10.7 Å². The average Bonchev–Trinajstić information content (AvgIpc) is 2.29. The number of rotatable bonds is 5. The largest absolute Gasteiger partial charge is 0.349 e. The van der Waals surface area contributed by atoms with Crippen molar-refractivity contribution in [1.82, 2.24) is 5.32 Å². The van der Waals surface area contributed by atoms with Crippen molar-refractivity contribution in [2.45, 2.75) is 13.0 Å². The van der Waals surface area contributed by atoms with E-state index in [9.17, 15) is 4.79 Å². The summed E-state index contributed by atoms with van der Waals surface area (Å²) in [6.45, 7) is 1.98. The van der Waals surface area contributed by atoms with Crippen LogP contribution in [0.1, 0.15) is 17.3 Å². The fourth-order valence-electron chi connectivity index (χ4n) is 1.40. The lowest BCUT2D eigenvalue weighted by molar-refractivity contribution is 0.0944. The van der Waals surface area contributed by atoms with Gasteiger partial charge in [-0.05, 0) is 25.3 Å². The van der Waals surface area contributed by atoms with E-state index in [4.69, 9.17) is 5.84 Å². The molecule has 1 rings (SSSR count). The Kier molecular flexibility index (Phi) is 5.14. The van der Waals surface area contributed by atoms with Crippen LogP contribution in [0.2, 0.25) is 0 Å². The van der Waals surface area contributed by atoms with Gasteiger partial charge in [0, 0.05) is 11.8 Å². The van der Waals surface area contributed by atoms with Gasteiger partial charge in [0.05, 0.1) is 11.3 Å². The highest BCUT2D eigenvalue weighted by atomic mass is 32.2. The van der Waals surface area contributed by atoms with Crippen molar-refractivity contribution in [3.8, 4) is 0 Å². The predicted octanol–water partition coefficient (Wildman–Crippen LogP) is 1.45. The van der Waals surface area contributed by atoms with Gasteiger partial charge >= 0.3 is 0 Å². The van der Waals surface area contributed by atoms with Crippen molar-refractivity contribution in [2.24, 2.45) is 5.84 Å². The summed E-state index contributed by atoms with van der Waals surface area (Å²) in [6, 6.07) is 7.31. The van der Waals surface area contributed by atoms with Gasteiger partial charge in [-0.2, -0.15) is 11.8 Å². The first kappa shape index (κ1) is 12.9. The number of carbonyl (C=O) groups excluding carboxylic acids is 1. The second-order valence-electron chi connectivity index (χ2n) is 3.52. The highest BCUT2D eigenvalue weighted by Gasteiger charge is 2.12. The maximum atomic E-state index is 11.9. The third kappa shape index (κ3) is 3.43. The Bertz CT molecular complexity index is 357. The molecule has 0 saturated carbocycles. The molecule has 0 aliphatic carbocycles. The smallest absolute Gasteiger partial charge is 0.253 e. The van der Waals surface area contributed by atoms with Crippen molar-refractivity contribution in [3.05, 3.63) is 29.8 Å². The van der Waals surface area contributed by atoms with Crippen LogP contribution in [0.15, 0.2) is 24.3 Å². The molecule has 1 aromatic rings. The van der Waals surface area contributed by atoms with Gasteiger partial charge in [-0.25, -0.2) is 0 Å². The van der Waals surface area contributed by atoms with Crippen molar-refractivity contribution in [1.29, 1.82) is 0 Å². The van der Waals surface area contributed by atoms with Crippen molar-refractivity contribution >= 4 is 23.4 Å². The molecule has 0 aromatic heterocycles. The van der Waals surface area contributed by atoms with Crippen LogP contribution in [0.5, 0.6) is 0 Å². The number of hydrogen-bond acceptors (Lipinski definition) is 4. The average molecular weight is 239 g/mol. The summed E-state index contributed by atoms with van der Waals surface area (Å²) in [5, 5.41) is 2.92. The summed E-state index contributed by atoms with van der Waals surface area (Å²) in [7, 11) is 0. The summed E-state index contributed by atoms with van der Waals surface area (Å²) in [5.41, 5.74) is 3.72. The van der Waals surface area contributed by atoms with Crippen LogP contribution in [0, 0.1) is 0 Å². The molecule has 1 unspecified atom stereocenters. The van der Waals surface area contributed by atoms with Crippen molar-refractivity contribution in [3.63, 3.8) is 0 Å². The summed E-state index contributed by atoms with van der Waals surface area (Å²) in [5.74, 6) is 6.13. The third-order valence-electron chi connectivity index (χ3n) is 2.12. The molecule has 0 saturated heterocycles. The topological polar surface area (TPSA) is 67.2 Å². The number of hydrazine groups is 1. The molecule has 88 valence electrons. The summed E-state index contributed by atoms with van der Waals surface area (Å²) in [4.78, 5) is 11.9. The molecule has 5 heteroatoms. The van der Waals surface area contributed by atoms with Crippen LogP contribution in [0.3, 0.4) is 0 Å². The monoisotopic (exact) mass is 239 g/mol. The van der Waals surface area contributed by atoms with E-state index >= 15 is 0 Å². The van der Waals surface area contributed by atoms with Gasteiger partial charge in [0.2, 0.25) is 0 Å². The van der Waals surface area contributed by atoms with Gasteiger partial charge in [-0.3, -0.25) is 10.6 Å². The Hall–Kier alpha value is -1.20. The van der Waals surface area contributed by atoms with Gasteiger partial charge in [-0.15, -0.1) is 0 Å². The second-order valence-corrected chi connectivity index (χ2v) is 4.43. The number of para-hydroxylation sites is 1. The van der Waals surface area contributed by atoms with Gasteiger partial charge in [0.15, 0.2) is 0 Å². The first-order chi connectivity index (χ1) is 7.69. The van der Waals surface area contributed by atoms with E-state index < -0.39 is 0 Å². The minimum Gasteiger partial charge on any atom is -0.349 e. The van der Waals surface area contributed by atoms with Crippen LogP contribution >= 0.6 is 11.8 Å². The molecule has 4 N–H and O–H groups in total. The van der Waals surface area contributed by atoms with Gasteiger partial charge in [0.25, 0.3) is 5.91 Å². The number of thioether (sulfide) groups is 1. The van der Waals surface area contributed by atoms with E-state index in [1.54, 1.807) is 23.9 Å². The fraction of sp³-hybridized carbons (Fsp3) is 0.364. The number of hydrogen-bond donors (Lipinski definition) is 3. The maximum absolute atomic E-state index is 11.9. The summed E-state index contributed by atoms with van der Waals surface area (Å²) < 4.78 is 0. The lowest BCUT2D eigenvalue weighted by Crippen LogP contribution is -2.34. The minimum absolute atomic E-state index is 0.102. The van der Waals surface area contributed by atoms with E-state index in [2.05, 4.69) is 10.7 Å². The molecule has 0 fully saturated rings. The quantitative estimate of drug-likeness (QED) is 0.537. The summed E-state index contributed by atoms with van der Waals surface area (Å²) in [6.07, 6.45) is 2.01. The SMILES string of the molecule is CSCC(C)NC(=O)c1ccccc1NN. The number of amides is 1. The number of nitrogen functional groups attached to an aromatic ring is 1. The molecule has 0 spiro atoms. The van der Waals surface area contributed by atoms with E-state index in [1.807, 2.05) is 25.3 Å². The molecule has 0 radical (unpaired) electrons. The number of nitrogens with one attached hydrogen (secondary N) is 2. The molecule has 0 aliphatic heterocycles. The lowest BCUT2D eigenvalue weighted by Gasteiger charge is -2.14. The maximum Gasteiger partial charge on any atom is 0.253 e. The second kappa shape index (κ2) is 6.40. The van der Waals surface area contributed by atoms with Crippen molar-refractivity contribution in [2.75, 3.05) is 17.4 Å². The molecule has 0 heterocycles. The Labute approximate surface area is 100.0 Å². The number of nitrogens with two attached hydrogens (primary N) is 1. The first-order valence-corrected chi connectivity index (χ1v) is 6.44. The van der Waals surface area contributed by atoms with E-state index in [0.29, 0.717) is 11.3 Å².